The van der Waals surface area contributed by atoms with E-state index < -0.39 is 0 Å². The largest absolute Gasteiger partial charge is 0.469 e. The van der Waals surface area contributed by atoms with Crippen LogP contribution in [0.5, 0.6) is 0 Å². The van der Waals surface area contributed by atoms with Crippen molar-refractivity contribution in [2.24, 2.45) is 4.99 Å². The molecule has 19 heavy (non-hydrogen) atoms. The Balaban J connectivity index is 0.00000324. The number of hydrogen-bond acceptors (Lipinski definition) is 3. The summed E-state index contributed by atoms with van der Waals surface area (Å²) in [5, 5.41) is 6.20. The topological polar surface area (TPSA) is 58.8 Å². The van der Waals surface area contributed by atoms with Gasteiger partial charge in [0.25, 0.3) is 0 Å². The van der Waals surface area contributed by atoms with Gasteiger partial charge in [0, 0.05) is 20.1 Å². The second kappa shape index (κ2) is 11.9. The zero-order valence-corrected chi connectivity index (χ0v) is 13.3. The molecule has 5 nitrogen and oxygen atoms in total. The predicted molar refractivity (Wildman–Crippen MR) is 86.8 cm³/mol. The Kier molecular flexibility index (Phi) is 11.1. The van der Waals surface area contributed by atoms with Crippen LogP contribution in [0.25, 0.3) is 0 Å². The SMILES string of the molecule is C#CCNC(=NCCOC)NCCc1ccco1.I. The van der Waals surface area contributed by atoms with Gasteiger partial charge in [0.2, 0.25) is 0 Å². The minimum atomic E-state index is 0. The Labute approximate surface area is 131 Å². The summed E-state index contributed by atoms with van der Waals surface area (Å²) in [5.41, 5.74) is 0. The van der Waals surface area contributed by atoms with Crippen molar-refractivity contribution in [2.45, 2.75) is 6.42 Å². The fraction of sp³-hybridized carbons (Fsp3) is 0.462. The number of nitrogens with zero attached hydrogens (tertiary/aromatic N) is 1. The summed E-state index contributed by atoms with van der Waals surface area (Å²) in [6.45, 7) is 2.36. The fourth-order valence-electron chi connectivity index (χ4n) is 1.32. The van der Waals surface area contributed by atoms with Crippen LogP contribution in [0.1, 0.15) is 5.76 Å². The second-order valence-corrected chi connectivity index (χ2v) is 3.54. The molecule has 6 heteroatoms. The average molecular weight is 377 g/mol. The summed E-state index contributed by atoms with van der Waals surface area (Å²) >= 11 is 0. The van der Waals surface area contributed by atoms with Gasteiger partial charge in [-0.25, -0.2) is 0 Å². The molecule has 0 unspecified atom stereocenters. The van der Waals surface area contributed by atoms with Crippen molar-refractivity contribution in [3.63, 3.8) is 0 Å². The monoisotopic (exact) mass is 377 g/mol. The number of methoxy groups -OCH3 is 1. The molecular weight excluding hydrogens is 357 g/mol. The molecular formula is C13H20IN3O2. The van der Waals surface area contributed by atoms with Crippen LogP contribution in [-0.4, -0.2) is 39.3 Å². The van der Waals surface area contributed by atoms with E-state index in [1.54, 1.807) is 13.4 Å². The maximum Gasteiger partial charge on any atom is 0.192 e. The van der Waals surface area contributed by atoms with Gasteiger partial charge in [-0.15, -0.1) is 30.4 Å². The third-order valence-electron chi connectivity index (χ3n) is 2.17. The van der Waals surface area contributed by atoms with Crippen LogP contribution in [0.15, 0.2) is 27.8 Å². The lowest BCUT2D eigenvalue weighted by molar-refractivity contribution is 0.208. The third kappa shape index (κ3) is 8.51. The molecule has 1 aromatic heterocycles. The zero-order chi connectivity index (χ0) is 13.1. The normalized spacial score (nSPS) is 10.4. The fourth-order valence-corrected chi connectivity index (χ4v) is 1.32. The summed E-state index contributed by atoms with van der Waals surface area (Å²) in [6, 6.07) is 3.82. The van der Waals surface area contributed by atoms with E-state index in [-0.39, 0.29) is 24.0 Å². The molecule has 0 radical (unpaired) electrons. The van der Waals surface area contributed by atoms with Crippen LogP contribution in [0.3, 0.4) is 0 Å². The Morgan fingerprint density at radius 3 is 3.00 bits per heavy atom. The molecule has 0 fully saturated rings. The number of ether oxygens (including phenoxy) is 1. The van der Waals surface area contributed by atoms with E-state index in [9.17, 15) is 0 Å². The maximum atomic E-state index is 5.24. The van der Waals surface area contributed by atoms with Crippen LogP contribution in [-0.2, 0) is 11.2 Å². The lowest BCUT2D eigenvalue weighted by Gasteiger charge is -2.10. The first-order valence-corrected chi connectivity index (χ1v) is 5.83. The van der Waals surface area contributed by atoms with Gasteiger partial charge in [-0.05, 0) is 12.1 Å². The van der Waals surface area contributed by atoms with Gasteiger partial charge in [0.1, 0.15) is 5.76 Å². The van der Waals surface area contributed by atoms with Gasteiger partial charge >= 0.3 is 0 Å². The van der Waals surface area contributed by atoms with Crippen LogP contribution in [0.2, 0.25) is 0 Å². The highest BCUT2D eigenvalue weighted by Crippen LogP contribution is 1.99. The summed E-state index contributed by atoms with van der Waals surface area (Å²) in [4.78, 5) is 4.31. The number of guanidine groups is 1. The molecule has 0 spiro atoms. The van der Waals surface area contributed by atoms with Crippen LogP contribution in [0.4, 0.5) is 0 Å². The molecule has 0 atom stereocenters. The molecule has 0 aliphatic rings. The zero-order valence-electron chi connectivity index (χ0n) is 11.0. The number of nitrogens with one attached hydrogen (secondary N) is 2. The Morgan fingerprint density at radius 1 is 1.53 bits per heavy atom. The standard InChI is InChI=1S/C13H19N3O2.HI/c1-3-7-14-13(16-9-11-17-2)15-8-6-12-5-4-10-18-12;/h1,4-5,10H,6-9,11H2,2H3,(H2,14,15,16);1H. The summed E-state index contributed by atoms with van der Waals surface area (Å²) in [5.74, 6) is 4.14. The quantitative estimate of drug-likeness (QED) is 0.247. The molecule has 0 amide bonds. The number of rotatable bonds is 7. The lowest BCUT2D eigenvalue weighted by Crippen LogP contribution is -2.38. The summed E-state index contributed by atoms with van der Waals surface area (Å²) < 4.78 is 10.2. The predicted octanol–water partition coefficient (Wildman–Crippen LogP) is 1.25. The number of terminal acetylenes is 1. The van der Waals surface area contributed by atoms with Crippen molar-refractivity contribution < 1.29 is 9.15 Å². The summed E-state index contributed by atoms with van der Waals surface area (Å²) in [6.07, 6.45) is 7.67. The van der Waals surface area contributed by atoms with Crippen LogP contribution >= 0.6 is 24.0 Å². The highest BCUT2D eigenvalue weighted by atomic mass is 127. The molecule has 1 aromatic rings. The second-order valence-electron chi connectivity index (χ2n) is 3.54. The van der Waals surface area contributed by atoms with Gasteiger partial charge in [0.15, 0.2) is 5.96 Å². The molecule has 106 valence electrons. The van der Waals surface area contributed by atoms with E-state index in [0.29, 0.717) is 25.7 Å². The number of furan rings is 1. The number of hydrogen-bond donors (Lipinski definition) is 2. The van der Waals surface area contributed by atoms with Crippen molar-refractivity contribution >= 4 is 29.9 Å². The molecule has 0 saturated carbocycles. The van der Waals surface area contributed by atoms with Crippen LogP contribution < -0.4 is 10.6 Å². The van der Waals surface area contributed by atoms with Crippen molar-refractivity contribution in [3.8, 4) is 12.3 Å². The van der Waals surface area contributed by atoms with Crippen molar-refractivity contribution in [1.82, 2.24) is 10.6 Å². The molecule has 0 aliphatic carbocycles. The smallest absolute Gasteiger partial charge is 0.192 e. The summed E-state index contributed by atoms with van der Waals surface area (Å²) in [7, 11) is 1.65. The number of halogens is 1. The molecule has 0 saturated heterocycles. The third-order valence-corrected chi connectivity index (χ3v) is 2.17. The van der Waals surface area contributed by atoms with Crippen LogP contribution in [0, 0.1) is 12.3 Å². The van der Waals surface area contributed by atoms with Crippen molar-refractivity contribution in [2.75, 3.05) is 33.4 Å². The van der Waals surface area contributed by atoms with E-state index in [1.165, 1.54) is 0 Å². The molecule has 1 heterocycles. The van der Waals surface area contributed by atoms with E-state index in [0.717, 1.165) is 18.7 Å². The minimum Gasteiger partial charge on any atom is -0.469 e. The van der Waals surface area contributed by atoms with Gasteiger partial charge in [-0.1, -0.05) is 5.92 Å². The van der Waals surface area contributed by atoms with Gasteiger partial charge in [-0.2, -0.15) is 0 Å². The first-order valence-electron chi connectivity index (χ1n) is 5.83. The van der Waals surface area contributed by atoms with Gasteiger partial charge in [0.05, 0.1) is 26.0 Å². The Hall–Kier alpha value is -1.20. The lowest BCUT2D eigenvalue weighted by atomic mass is 10.3. The molecule has 0 aromatic carbocycles. The molecule has 2 N–H and O–H groups in total. The molecule has 1 rings (SSSR count). The first kappa shape index (κ1) is 17.8. The molecule has 0 bridgehead atoms. The minimum absolute atomic E-state index is 0. The van der Waals surface area contributed by atoms with Gasteiger partial charge in [-0.3, -0.25) is 4.99 Å². The van der Waals surface area contributed by atoms with Crippen molar-refractivity contribution in [1.29, 1.82) is 0 Å². The molecule has 0 aliphatic heterocycles. The Morgan fingerprint density at radius 2 is 2.37 bits per heavy atom. The highest BCUT2D eigenvalue weighted by Gasteiger charge is 1.99. The maximum absolute atomic E-state index is 5.24. The Bertz CT molecular complexity index is 385. The first-order chi connectivity index (χ1) is 8.86. The van der Waals surface area contributed by atoms with Gasteiger partial charge < -0.3 is 19.8 Å². The average Bonchev–Trinajstić information content (AvgIpc) is 2.88. The van der Waals surface area contributed by atoms with E-state index in [1.807, 2.05) is 12.1 Å². The van der Waals surface area contributed by atoms with E-state index in [4.69, 9.17) is 15.6 Å². The highest BCUT2D eigenvalue weighted by molar-refractivity contribution is 14.0. The number of aliphatic imine (C=N–C) groups is 1. The van der Waals surface area contributed by atoms with E-state index in [2.05, 4.69) is 21.5 Å². The van der Waals surface area contributed by atoms with E-state index >= 15 is 0 Å². The van der Waals surface area contributed by atoms with Crippen molar-refractivity contribution in [3.05, 3.63) is 24.2 Å².